The Labute approximate surface area is 98.7 Å². The fraction of sp³-hybridized carbons (Fsp3) is 0.571. The van der Waals surface area contributed by atoms with Gasteiger partial charge in [-0.25, -0.2) is 0 Å². The minimum absolute atomic E-state index is 0.679. The molecule has 0 bridgehead atoms. The van der Waals surface area contributed by atoms with Gasteiger partial charge in [-0.2, -0.15) is 0 Å². The minimum atomic E-state index is 0.679. The summed E-state index contributed by atoms with van der Waals surface area (Å²) in [5.41, 5.74) is 2.80. The van der Waals surface area contributed by atoms with E-state index >= 15 is 0 Å². The molecule has 1 fully saturated rings. The van der Waals surface area contributed by atoms with Crippen LogP contribution < -0.4 is 5.32 Å². The molecule has 88 valence electrons. The summed E-state index contributed by atoms with van der Waals surface area (Å²) in [5, 5.41) is 3.39. The second-order valence-corrected chi connectivity index (χ2v) is 4.85. The van der Waals surface area contributed by atoms with Crippen molar-refractivity contribution in [3.8, 4) is 0 Å². The Bertz CT molecular complexity index is 335. The lowest BCUT2D eigenvalue weighted by Gasteiger charge is -2.32. The molecule has 0 amide bonds. The van der Waals surface area contributed by atoms with Crippen molar-refractivity contribution in [3.05, 3.63) is 35.4 Å². The average molecular weight is 218 g/mol. The van der Waals surface area contributed by atoms with Gasteiger partial charge in [-0.05, 0) is 38.9 Å². The predicted octanol–water partition coefficient (Wildman–Crippen LogP) is 2.18. The molecule has 1 aliphatic rings. The molecule has 1 N–H and O–H groups in total. The maximum absolute atomic E-state index is 3.39. The van der Waals surface area contributed by atoms with Gasteiger partial charge < -0.3 is 5.32 Å². The first-order chi connectivity index (χ1) is 7.78. The Balaban J connectivity index is 1.94. The molecule has 2 rings (SSSR count). The zero-order valence-electron chi connectivity index (χ0n) is 10.4. The van der Waals surface area contributed by atoms with Crippen LogP contribution >= 0.6 is 0 Å². The summed E-state index contributed by atoms with van der Waals surface area (Å²) in [5.74, 6) is 0. The van der Waals surface area contributed by atoms with Crippen molar-refractivity contribution in [1.29, 1.82) is 0 Å². The molecule has 2 heteroatoms. The fourth-order valence-corrected chi connectivity index (χ4v) is 2.50. The van der Waals surface area contributed by atoms with E-state index in [1.165, 1.54) is 37.1 Å². The van der Waals surface area contributed by atoms with Gasteiger partial charge in [-0.15, -0.1) is 0 Å². The Hall–Kier alpha value is -0.860. The Morgan fingerprint density at radius 1 is 1.44 bits per heavy atom. The van der Waals surface area contributed by atoms with E-state index in [0.29, 0.717) is 6.04 Å². The van der Waals surface area contributed by atoms with Crippen molar-refractivity contribution in [1.82, 2.24) is 10.2 Å². The predicted molar refractivity (Wildman–Crippen MR) is 68.5 cm³/mol. The SMILES string of the molecule is CNC1CCCN(Cc2cccc(C)c2)C1. The lowest BCUT2D eigenvalue weighted by molar-refractivity contribution is 0.188. The maximum atomic E-state index is 3.39. The zero-order chi connectivity index (χ0) is 11.4. The topological polar surface area (TPSA) is 15.3 Å². The summed E-state index contributed by atoms with van der Waals surface area (Å²) in [4.78, 5) is 2.55. The van der Waals surface area contributed by atoms with Gasteiger partial charge in [0.1, 0.15) is 0 Å². The van der Waals surface area contributed by atoms with Gasteiger partial charge in [0.05, 0.1) is 0 Å². The van der Waals surface area contributed by atoms with E-state index in [9.17, 15) is 0 Å². The van der Waals surface area contributed by atoms with E-state index < -0.39 is 0 Å². The molecule has 2 nitrogen and oxygen atoms in total. The summed E-state index contributed by atoms with van der Waals surface area (Å²) >= 11 is 0. The Morgan fingerprint density at radius 2 is 2.31 bits per heavy atom. The number of nitrogens with one attached hydrogen (secondary N) is 1. The number of rotatable bonds is 3. The van der Waals surface area contributed by atoms with Crippen LogP contribution in [0.3, 0.4) is 0 Å². The quantitative estimate of drug-likeness (QED) is 0.836. The van der Waals surface area contributed by atoms with Crippen molar-refractivity contribution in [2.75, 3.05) is 20.1 Å². The Kier molecular flexibility index (Phi) is 3.97. The molecule has 1 aromatic carbocycles. The zero-order valence-corrected chi connectivity index (χ0v) is 10.4. The lowest BCUT2D eigenvalue weighted by atomic mass is 10.0. The van der Waals surface area contributed by atoms with E-state index in [4.69, 9.17) is 0 Å². The van der Waals surface area contributed by atoms with Crippen LogP contribution in [0.1, 0.15) is 24.0 Å². The normalized spacial score (nSPS) is 22.2. The molecule has 1 aliphatic heterocycles. The van der Waals surface area contributed by atoms with E-state index in [0.717, 1.165) is 6.54 Å². The Morgan fingerprint density at radius 3 is 3.06 bits per heavy atom. The second-order valence-electron chi connectivity index (χ2n) is 4.85. The molecular formula is C14H22N2. The van der Waals surface area contributed by atoms with Gasteiger partial charge in [0.15, 0.2) is 0 Å². The molecule has 1 saturated heterocycles. The van der Waals surface area contributed by atoms with Crippen LogP contribution in [-0.4, -0.2) is 31.1 Å². The molecule has 1 heterocycles. The molecule has 1 aromatic rings. The maximum Gasteiger partial charge on any atom is 0.0234 e. The lowest BCUT2D eigenvalue weighted by Crippen LogP contribution is -2.43. The molecule has 1 atom stereocenters. The number of hydrogen-bond acceptors (Lipinski definition) is 2. The first kappa shape index (κ1) is 11.6. The highest BCUT2D eigenvalue weighted by Gasteiger charge is 2.17. The van der Waals surface area contributed by atoms with Crippen LogP contribution in [0.25, 0.3) is 0 Å². The molecule has 0 saturated carbocycles. The van der Waals surface area contributed by atoms with E-state index in [-0.39, 0.29) is 0 Å². The van der Waals surface area contributed by atoms with Gasteiger partial charge in [-0.3, -0.25) is 4.90 Å². The van der Waals surface area contributed by atoms with Gasteiger partial charge >= 0.3 is 0 Å². The number of likely N-dealkylation sites (tertiary alicyclic amines) is 1. The van der Waals surface area contributed by atoms with Crippen molar-refractivity contribution in [2.24, 2.45) is 0 Å². The highest BCUT2D eigenvalue weighted by atomic mass is 15.2. The molecule has 1 unspecified atom stereocenters. The molecule has 16 heavy (non-hydrogen) atoms. The highest BCUT2D eigenvalue weighted by molar-refractivity contribution is 5.22. The van der Waals surface area contributed by atoms with Crippen molar-refractivity contribution in [2.45, 2.75) is 32.4 Å². The number of aryl methyl sites for hydroxylation is 1. The van der Waals surface area contributed by atoms with Gasteiger partial charge in [0.2, 0.25) is 0 Å². The molecule has 0 spiro atoms. The summed E-state index contributed by atoms with van der Waals surface area (Å²) in [6.07, 6.45) is 2.64. The highest BCUT2D eigenvalue weighted by Crippen LogP contribution is 2.14. The summed E-state index contributed by atoms with van der Waals surface area (Å²) in [6, 6.07) is 9.53. The number of likely N-dealkylation sites (N-methyl/N-ethyl adjacent to an activating group) is 1. The van der Waals surface area contributed by atoms with Crippen LogP contribution in [0, 0.1) is 6.92 Å². The van der Waals surface area contributed by atoms with Crippen LogP contribution in [0.5, 0.6) is 0 Å². The van der Waals surface area contributed by atoms with Crippen LogP contribution in [0.2, 0.25) is 0 Å². The third-order valence-corrected chi connectivity index (χ3v) is 3.40. The first-order valence-electron chi connectivity index (χ1n) is 6.23. The second kappa shape index (κ2) is 5.46. The van der Waals surface area contributed by atoms with Gasteiger partial charge in [0, 0.05) is 19.1 Å². The number of nitrogens with zero attached hydrogens (tertiary/aromatic N) is 1. The van der Waals surface area contributed by atoms with Crippen LogP contribution in [0.15, 0.2) is 24.3 Å². The summed E-state index contributed by atoms with van der Waals surface area (Å²) in [6.45, 7) is 5.69. The molecule has 0 aliphatic carbocycles. The smallest absolute Gasteiger partial charge is 0.0234 e. The van der Waals surface area contributed by atoms with Crippen molar-refractivity contribution >= 4 is 0 Å². The number of hydrogen-bond donors (Lipinski definition) is 1. The largest absolute Gasteiger partial charge is 0.316 e. The first-order valence-corrected chi connectivity index (χ1v) is 6.23. The standard InChI is InChI=1S/C14H22N2/c1-12-5-3-6-13(9-12)10-16-8-4-7-14(11-16)15-2/h3,5-6,9,14-15H,4,7-8,10-11H2,1-2H3. The van der Waals surface area contributed by atoms with Crippen LogP contribution in [0.4, 0.5) is 0 Å². The summed E-state index contributed by atoms with van der Waals surface area (Å²) in [7, 11) is 2.07. The monoisotopic (exact) mass is 218 g/mol. The number of piperidine rings is 1. The minimum Gasteiger partial charge on any atom is -0.316 e. The van der Waals surface area contributed by atoms with Gasteiger partial charge in [0.25, 0.3) is 0 Å². The van der Waals surface area contributed by atoms with Gasteiger partial charge in [-0.1, -0.05) is 29.8 Å². The third-order valence-electron chi connectivity index (χ3n) is 3.40. The van der Waals surface area contributed by atoms with Crippen LogP contribution in [-0.2, 0) is 6.54 Å². The van der Waals surface area contributed by atoms with Crippen molar-refractivity contribution < 1.29 is 0 Å². The molecular weight excluding hydrogens is 196 g/mol. The number of benzene rings is 1. The van der Waals surface area contributed by atoms with E-state index in [1.807, 2.05) is 0 Å². The fourth-order valence-electron chi connectivity index (χ4n) is 2.50. The van der Waals surface area contributed by atoms with Crippen molar-refractivity contribution in [3.63, 3.8) is 0 Å². The molecule has 0 aromatic heterocycles. The average Bonchev–Trinajstić information content (AvgIpc) is 2.29. The van der Waals surface area contributed by atoms with E-state index in [1.54, 1.807) is 0 Å². The van der Waals surface area contributed by atoms with E-state index in [2.05, 4.69) is 48.5 Å². The third kappa shape index (κ3) is 3.06. The summed E-state index contributed by atoms with van der Waals surface area (Å²) < 4.78 is 0. The molecule has 0 radical (unpaired) electrons.